The van der Waals surface area contributed by atoms with E-state index in [-0.39, 0.29) is 5.75 Å². The number of phenolic OH excluding ortho intramolecular Hbond substituents is 1. The smallest absolute Gasteiger partial charge is 0.170 e. The molecule has 1 aromatic carbocycles. The fourth-order valence-corrected chi connectivity index (χ4v) is 2.32. The van der Waals surface area contributed by atoms with Gasteiger partial charge in [0.25, 0.3) is 0 Å². The largest absolute Gasteiger partial charge is 0.506 e. The van der Waals surface area contributed by atoms with E-state index in [0.717, 1.165) is 6.42 Å². The normalized spacial score (nSPS) is 16.2. The molecule has 0 saturated heterocycles. The number of aliphatic hydroxyl groups excluding tert-OH is 1. The Hall–Kier alpha value is -0.980. The molecule has 1 atom stereocenters. The van der Waals surface area contributed by atoms with Crippen LogP contribution >= 0.6 is 15.9 Å². The first-order chi connectivity index (χ1) is 8.65. The second-order valence-electron chi connectivity index (χ2n) is 4.07. The summed E-state index contributed by atoms with van der Waals surface area (Å²) in [5, 5.41) is 23.0. The maximum absolute atomic E-state index is 10.1. The molecule has 2 rings (SSSR count). The van der Waals surface area contributed by atoms with Gasteiger partial charge in [-0.3, -0.25) is 0 Å². The van der Waals surface area contributed by atoms with Crippen LogP contribution in [0, 0.1) is 0 Å². The Kier molecular flexibility index (Phi) is 4.31. The summed E-state index contributed by atoms with van der Waals surface area (Å²) in [5.74, 6) is 0.959. The van der Waals surface area contributed by atoms with E-state index in [4.69, 9.17) is 9.47 Å². The minimum Gasteiger partial charge on any atom is -0.506 e. The Balaban J connectivity index is 2.50. The van der Waals surface area contributed by atoms with E-state index in [1.165, 1.54) is 0 Å². The number of hydrogen-bond donors (Lipinski definition) is 3. The number of benzene rings is 1. The van der Waals surface area contributed by atoms with Crippen molar-refractivity contribution >= 4 is 15.9 Å². The Morgan fingerprint density at radius 1 is 1.44 bits per heavy atom. The molecule has 0 aliphatic carbocycles. The number of aliphatic hydroxyl groups is 1. The Bertz CT molecular complexity index is 439. The summed E-state index contributed by atoms with van der Waals surface area (Å²) in [4.78, 5) is 0. The monoisotopic (exact) mass is 317 g/mol. The molecule has 0 fully saturated rings. The van der Waals surface area contributed by atoms with Crippen molar-refractivity contribution in [3.8, 4) is 17.2 Å². The van der Waals surface area contributed by atoms with Crippen molar-refractivity contribution in [2.75, 3.05) is 26.8 Å². The molecule has 1 unspecified atom stereocenters. The molecule has 1 aliphatic heterocycles. The highest BCUT2D eigenvalue weighted by atomic mass is 79.9. The van der Waals surface area contributed by atoms with Gasteiger partial charge >= 0.3 is 0 Å². The van der Waals surface area contributed by atoms with Gasteiger partial charge in [-0.2, -0.15) is 0 Å². The van der Waals surface area contributed by atoms with Crippen LogP contribution in [0.4, 0.5) is 0 Å². The van der Waals surface area contributed by atoms with Crippen molar-refractivity contribution in [2.45, 2.75) is 12.5 Å². The van der Waals surface area contributed by atoms with Crippen LogP contribution in [0.1, 0.15) is 18.1 Å². The lowest BCUT2D eigenvalue weighted by molar-refractivity contribution is 0.167. The summed E-state index contributed by atoms with van der Waals surface area (Å²) in [6.07, 6.45) is -0.0859. The minimum absolute atomic E-state index is 0.0120. The number of likely N-dealkylation sites (N-methyl/N-ethyl adjacent to an activating group) is 1. The minimum atomic E-state index is -0.858. The number of halogens is 1. The van der Waals surface area contributed by atoms with Gasteiger partial charge in [0, 0.05) is 19.0 Å². The van der Waals surface area contributed by atoms with Gasteiger partial charge in [0.15, 0.2) is 11.5 Å². The first-order valence-electron chi connectivity index (χ1n) is 5.78. The molecule has 1 aliphatic rings. The van der Waals surface area contributed by atoms with Crippen LogP contribution in [0.15, 0.2) is 10.5 Å². The number of rotatable bonds is 3. The molecule has 0 saturated carbocycles. The van der Waals surface area contributed by atoms with Crippen LogP contribution in [-0.2, 0) is 0 Å². The van der Waals surface area contributed by atoms with E-state index in [1.807, 2.05) is 0 Å². The van der Waals surface area contributed by atoms with Crippen LogP contribution in [0.5, 0.6) is 17.2 Å². The summed E-state index contributed by atoms with van der Waals surface area (Å²) < 4.78 is 11.6. The average molecular weight is 318 g/mol. The van der Waals surface area contributed by atoms with Crippen LogP contribution in [0.3, 0.4) is 0 Å². The van der Waals surface area contributed by atoms with Crippen molar-refractivity contribution in [3.63, 3.8) is 0 Å². The zero-order chi connectivity index (χ0) is 13.1. The Morgan fingerprint density at radius 2 is 2.17 bits per heavy atom. The molecule has 3 N–H and O–H groups in total. The van der Waals surface area contributed by atoms with Crippen molar-refractivity contribution in [2.24, 2.45) is 0 Å². The molecular weight excluding hydrogens is 302 g/mol. The molecule has 100 valence electrons. The molecule has 0 amide bonds. The SMILES string of the molecule is CNCC(O)c1c(O)c(Br)cc2c1OCCCO2. The van der Waals surface area contributed by atoms with Gasteiger partial charge in [-0.1, -0.05) is 0 Å². The highest BCUT2D eigenvalue weighted by Gasteiger charge is 2.25. The molecule has 0 bridgehead atoms. The molecule has 0 spiro atoms. The zero-order valence-electron chi connectivity index (χ0n) is 10.1. The fourth-order valence-electron chi connectivity index (χ4n) is 1.89. The maximum atomic E-state index is 10.1. The molecule has 5 nitrogen and oxygen atoms in total. The number of fused-ring (bicyclic) bond motifs is 1. The van der Waals surface area contributed by atoms with Gasteiger partial charge in [0.2, 0.25) is 0 Å². The molecule has 0 aromatic heterocycles. The van der Waals surface area contributed by atoms with E-state index in [0.29, 0.717) is 41.3 Å². The van der Waals surface area contributed by atoms with Crippen molar-refractivity contribution in [3.05, 3.63) is 16.1 Å². The van der Waals surface area contributed by atoms with Crippen molar-refractivity contribution < 1.29 is 19.7 Å². The maximum Gasteiger partial charge on any atom is 0.170 e. The van der Waals surface area contributed by atoms with E-state index >= 15 is 0 Å². The van der Waals surface area contributed by atoms with Gasteiger partial charge in [-0.15, -0.1) is 0 Å². The predicted molar refractivity (Wildman–Crippen MR) is 70.3 cm³/mol. The summed E-state index contributed by atoms with van der Waals surface area (Å²) in [7, 11) is 1.73. The molecule has 6 heteroatoms. The lowest BCUT2D eigenvalue weighted by atomic mass is 10.1. The van der Waals surface area contributed by atoms with E-state index in [9.17, 15) is 10.2 Å². The van der Waals surface area contributed by atoms with E-state index in [1.54, 1.807) is 13.1 Å². The number of hydrogen-bond acceptors (Lipinski definition) is 5. The Morgan fingerprint density at radius 3 is 2.89 bits per heavy atom. The van der Waals surface area contributed by atoms with E-state index in [2.05, 4.69) is 21.2 Å². The lowest BCUT2D eigenvalue weighted by Crippen LogP contribution is -2.17. The highest BCUT2D eigenvalue weighted by molar-refractivity contribution is 9.10. The fraction of sp³-hybridized carbons (Fsp3) is 0.500. The number of nitrogens with one attached hydrogen (secondary N) is 1. The molecule has 1 aromatic rings. The number of aromatic hydroxyl groups is 1. The molecule has 1 heterocycles. The standard InChI is InChI=1S/C12H16BrNO4/c1-14-6-8(15)10-11(16)7(13)5-9-12(10)18-4-2-3-17-9/h5,8,14-16H,2-4,6H2,1H3. The van der Waals surface area contributed by atoms with Crippen LogP contribution < -0.4 is 14.8 Å². The van der Waals surface area contributed by atoms with Gasteiger partial charge in [0.05, 0.1) is 29.4 Å². The van der Waals surface area contributed by atoms with Crippen LogP contribution in [0.25, 0.3) is 0 Å². The van der Waals surface area contributed by atoms with Gasteiger partial charge in [-0.25, -0.2) is 0 Å². The summed E-state index contributed by atoms with van der Waals surface area (Å²) in [6, 6.07) is 1.66. The third kappa shape index (κ3) is 2.55. The molecule has 0 radical (unpaired) electrons. The first kappa shape index (κ1) is 13.5. The average Bonchev–Trinajstić information content (AvgIpc) is 2.56. The van der Waals surface area contributed by atoms with Gasteiger partial charge < -0.3 is 25.0 Å². The Labute approximate surface area is 114 Å². The summed E-state index contributed by atoms with van der Waals surface area (Å²) >= 11 is 3.25. The quantitative estimate of drug-likeness (QED) is 0.789. The third-order valence-electron chi connectivity index (χ3n) is 2.73. The molecular formula is C12H16BrNO4. The zero-order valence-corrected chi connectivity index (χ0v) is 11.7. The third-order valence-corrected chi connectivity index (χ3v) is 3.34. The second kappa shape index (κ2) is 5.77. The van der Waals surface area contributed by atoms with Crippen LogP contribution in [0.2, 0.25) is 0 Å². The highest BCUT2D eigenvalue weighted by Crippen LogP contribution is 2.46. The summed E-state index contributed by atoms with van der Waals surface area (Å²) in [6.45, 7) is 1.39. The van der Waals surface area contributed by atoms with Crippen molar-refractivity contribution in [1.29, 1.82) is 0 Å². The van der Waals surface area contributed by atoms with Crippen LogP contribution in [-0.4, -0.2) is 37.0 Å². The number of ether oxygens (including phenoxy) is 2. The first-order valence-corrected chi connectivity index (χ1v) is 6.58. The van der Waals surface area contributed by atoms with E-state index < -0.39 is 6.10 Å². The topological polar surface area (TPSA) is 71.0 Å². The molecule has 18 heavy (non-hydrogen) atoms. The number of phenols is 1. The predicted octanol–water partition coefficient (Wildman–Crippen LogP) is 1.57. The summed E-state index contributed by atoms with van der Waals surface area (Å²) in [5.41, 5.74) is 0.357. The van der Waals surface area contributed by atoms with Gasteiger partial charge in [0.1, 0.15) is 5.75 Å². The van der Waals surface area contributed by atoms with Crippen molar-refractivity contribution in [1.82, 2.24) is 5.32 Å². The second-order valence-corrected chi connectivity index (χ2v) is 4.93. The van der Waals surface area contributed by atoms with Gasteiger partial charge in [-0.05, 0) is 23.0 Å². The lowest BCUT2D eigenvalue weighted by Gasteiger charge is -2.19.